The molecule has 0 aromatic heterocycles. The molecule has 3 heteroatoms. The molecule has 0 saturated carbocycles. The van der Waals surface area contributed by atoms with Gasteiger partial charge in [0.25, 0.3) is 0 Å². The zero-order chi connectivity index (χ0) is 10.1. The highest BCUT2D eigenvalue weighted by atomic mass is 16.2. The van der Waals surface area contributed by atoms with Gasteiger partial charge >= 0.3 is 0 Å². The van der Waals surface area contributed by atoms with Crippen LogP contribution in [0.25, 0.3) is 0 Å². The van der Waals surface area contributed by atoms with Gasteiger partial charge in [-0.05, 0) is 19.4 Å². The zero-order valence-corrected chi connectivity index (χ0v) is 8.30. The molecule has 74 valence electrons. The van der Waals surface area contributed by atoms with Gasteiger partial charge in [0, 0.05) is 19.4 Å². The van der Waals surface area contributed by atoms with E-state index in [-0.39, 0.29) is 11.7 Å². The van der Waals surface area contributed by atoms with Gasteiger partial charge in [0.15, 0.2) is 5.78 Å². The monoisotopic (exact) mass is 183 g/mol. The molecule has 0 radical (unpaired) electrons. The topological polar surface area (TPSA) is 46.2 Å². The number of hydrogen-bond donors (Lipinski definition) is 1. The van der Waals surface area contributed by atoms with E-state index in [0.29, 0.717) is 19.4 Å². The molecule has 0 unspecified atom stereocenters. The van der Waals surface area contributed by atoms with Crippen LogP contribution in [-0.2, 0) is 9.59 Å². The van der Waals surface area contributed by atoms with Crippen LogP contribution in [0.5, 0.6) is 0 Å². The van der Waals surface area contributed by atoms with Crippen LogP contribution in [-0.4, -0.2) is 18.2 Å². The summed E-state index contributed by atoms with van der Waals surface area (Å²) >= 11 is 0. The molecule has 0 aliphatic rings. The lowest BCUT2D eigenvalue weighted by Crippen LogP contribution is -2.24. The second-order valence-corrected chi connectivity index (χ2v) is 2.82. The van der Waals surface area contributed by atoms with Crippen molar-refractivity contribution in [2.75, 3.05) is 6.54 Å². The van der Waals surface area contributed by atoms with Crippen LogP contribution in [0.1, 0.15) is 33.1 Å². The van der Waals surface area contributed by atoms with Crippen molar-refractivity contribution in [3.05, 3.63) is 12.2 Å². The van der Waals surface area contributed by atoms with Gasteiger partial charge in [0.1, 0.15) is 0 Å². The SMILES string of the molecule is C/C=C/C(=O)CCC(=O)NCCC. The molecule has 0 atom stereocenters. The number of carbonyl (C=O) groups excluding carboxylic acids is 2. The first-order valence-corrected chi connectivity index (χ1v) is 4.63. The third-order valence-corrected chi connectivity index (χ3v) is 1.52. The molecule has 0 aliphatic heterocycles. The number of ketones is 1. The summed E-state index contributed by atoms with van der Waals surface area (Å²) in [4.78, 5) is 22.0. The quantitative estimate of drug-likeness (QED) is 0.633. The summed E-state index contributed by atoms with van der Waals surface area (Å²) in [6.45, 7) is 4.47. The third kappa shape index (κ3) is 7.25. The van der Waals surface area contributed by atoms with Gasteiger partial charge in [-0.15, -0.1) is 0 Å². The standard InChI is InChI=1S/C10H17NO2/c1-3-5-9(12)6-7-10(13)11-8-4-2/h3,5H,4,6-8H2,1-2H3,(H,11,13)/b5-3+. The number of hydrogen-bond acceptors (Lipinski definition) is 2. The van der Waals surface area contributed by atoms with Crippen LogP contribution in [0.15, 0.2) is 12.2 Å². The van der Waals surface area contributed by atoms with E-state index in [1.54, 1.807) is 13.0 Å². The normalized spacial score (nSPS) is 10.3. The molecule has 1 N–H and O–H groups in total. The first-order valence-electron chi connectivity index (χ1n) is 4.63. The molecule has 3 nitrogen and oxygen atoms in total. The molecule has 0 aromatic rings. The van der Waals surface area contributed by atoms with Gasteiger partial charge in [0.2, 0.25) is 5.91 Å². The Kier molecular flexibility index (Phi) is 6.88. The van der Waals surface area contributed by atoms with Crippen LogP contribution in [0.2, 0.25) is 0 Å². The smallest absolute Gasteiger partial charge is 0.220 e. The summed E-state index contributed by atoms with van der Waals surface area (Å²) in [7, 11) is 0. The maximum absolute atomic E-state index is 11.0. The van der Waals surface area contributed by atoms with E-state index in [0.717, 1.165) is 6.42 Å². The Labute approximate surface area is 79.2 Å². The third-order valence-electron chi connectivity index (χ3n) is 1.52. The first-order chi connectivity index (χ1) is 6.20. The molecule has 0 heterocycles. The van der Waals surface area contributed by atoms with Crippen LogP contribution in [0.4, 0.5) is 0 Å². The molecule has 0 bridgehead atoms. The van der Waals surface area contributed by atoms with Crippen molar-refractivity contribution in [2.24, 2.45) is 0 Å². The lowest BCUT2D eigenvalue weighted by Gasteiger charge is -2.00. The summed E-state index contributed by atoms with van der Waals surface area (Å²) in [5.74, 6) is -0.0335. The van der Waals surface area contributed by atoms with Crippen LogP contribution in [0, 0.1) is 0 Å². The predicted octanol–water partition coefficient (Wildman–Crippen LogP) is 1.44. The number of amides is 1. The van der Waals surface area contributed by atoms with E-state index in [9.17, 15) is 9.59 Å². The highest BCUT2D eigenvalue weighted by Crippen LogP contribution is 1.92. The molecule has 0 saturated heterocycles. The fourth-order valence-electron chi connectivity index (χ4n) is 0.859. The number of rotatable bonds is 6. The van der Waals surface area contributed by atoms with Crippen molar-refractivity contribution >= 4 is 11.7 Å². The van der Waals surface area contributed by atoms with Gasteiger partial charge in [0.05, 0.1) is 0 Å². The lowest BCUT2D eigenvalue weighted by molar-refractivity contribution is -0.123. The number of allylic oxidation sites excluding steroid dienone is 2. The average Bonchev–Trinajstić information content (AvgIpc) is 2.12. The second-order valence-electron chi connectivity index (χ2n) is 2.82. The maximum Gasteiger partial charge on any atom is 0.220 e. The molecule has 0 rings (SSSR count). The van der Waals surface area contributed by atoms with Gasteiger partial charge < -0.3 is 5.32 Å². The maximum atomic E-state index is 11.0. The van der Waals surface area contributed by atoms with E-state index in [1.165, 1.54) is 6.08 Å². The summed E-state index contributed by atoms with van der Waals surface area (Å²) in [5, 5.41) is 2.71. The molecule has 13 heavy (non-hydrogen) atoms. The fourth-order valence-corrected chi connectivity index (χ4v) is 0.859. The molecule has 0 fully saturated rings. The molecular formula is C10H17NO2. The Morgan fingerprint density at radius 1 is 1.31 bits per heavy atom. The summed E-state index contributed by atoms with van der Waals surface area (Å²) in [6, 6.07) is 0. The Bertz CT molecular complexity index is 197. The van der Waals surface area contributed by atoms with Crippen molar-refractivity contribution in [1.29, 1.82) is 0 Å². The number of nitrogens with one attached hydrogen (secondary N) is 1. The van der Waals surface area contributed by atoms with Crippen LogP contribution in [0.3, 0.4) is 0 Å². The lowest BCUT2D eigenvalue weighted by atomic mass is 10.2. The molecule has 0 aromatic carbocycles. The van der Waals surface area contributed by atoms with Crippen LogP contribution >= 0.6 is 0 Å². The summed E-state index contributed by atoms with van der Waals surface area (Å²) < 4.78 is 0. The predicted molar refractivity (Wildman–Crippen MR) is 52.4 cm³/mol. The van der Waals surface area contributed by atoms with E-state index >= 15 is 0 Å². The Balaban J connectivity index is 3.52. The van der Waals surface area contributed by atoms with Crippen LogP contribution < -0.4 is 5.32 Å². The Morgan fingerprint density at radius 2 is 2.00 bits per heavy atom. The van der Waals surface area contributed by atoms with Crippen molar-refractivity contribution in [1.82, 2.24) is 5.32 Å². The Morgan fingerprint density at radius 3 is 2.54 bits per heavy atom. The highest BCUT2D eigenvalue weighted by Gasteiger charge is 2.02. The second kappa shape index (κ2) is 7.53. The van der Waals surface area contributed by atoms with Gasteiger partial charge in [-0.1, -0.05) is 13.0 Å². The molecular weight excluding hydrogens is 166 g/mol. The summed E-state index contributed by atoms with van der Waals surface area (Å²) in [6.07, 6.45) is 4.71. The zero-order valence-electron chi connectivity index (χ0n) is 8.30. The minimum atomic E-state index is -0.0419. The van der Waals surface area contributed by atoms with Crippen molar-refractivity contribution in [3.63, 3.8) is 0 Å². The molecule has 0 aliphatic carbocycles. The van der Waals surface area contributed by atoms with E-state index in [1.807, 2.05) is 6.92 Å². The Hall–Kier alpha value is -1.12. The fraction of sp³-hybridized carbons (Fsp3) is 0.600. The van der Waals surface area contributed by atoms with Crippen molar-refractivity contribution in [3.8, 4) is 0 Å². The average molecular weight is 183 g/mol. The molecule has 1 amide bonds. The van der Waals surface area contributed by atoms with E-state index in [4.69, 9.17) is 0 Å². The minimum Gasteiger partial charge on any atom is -0.356 e. The van der Waals surface area contributed by atoms with Gasteiger partial charge in [-0.2, -0.15) is 0 Å². The molecule has 0 spiro atoms. The van der Waals surface area contributed by atoms with E-state index < -0.39 is 0 Å². The summed E-state index contributed by atoms with van der Waals surface area (Å²) in [5.41, 5.74) is 0. The largest absolute Gasteiger partial charge is 0.356 e. The van der Waals surface area contributed by atoms with Crippen molar-refractivity contribution in [2.45, 2.75) is 33.1 Å². The van der Waals surface area contributed by atoms with E-state index in [2.05, 4.69) is 5.32 Å². The number of carbonyl (C=O) groups is 2. The van der Waals surface area contributed by atoms with Gasteiger partial charge in [-0.3, -0.25) is 9.59 Å². The highest BCUT2D eigenvalue weighted by molar-refractivity contribution is 5.92. The van der Waals surface area contributed by atoms with Gasteiger partial charge in [-0.25, -0.2) is 0 Å². The minimum absolute atomic E-state index is 0.00847. The first kappa shape index (κ1) is 11.9. The van der Waals surface area contributed by atoms with Crippen molar-refractivity contribution < 1.29 is 9.59 Å².